The third-order valence-electron chi connectivity index (χ3n) is 3.28. The molecule has 0 saturated carbocycles. The average Bonchev–Trinajstić information content (AvgIpc) is 2.82. The lowest BCUT2D eigenvalue weighted by molar-refractivity contribution is 0.235. The van der Waals surface area contributed by atoms with Crippen LogP contribution in [0.15, 0.2) is 30.3 Å². The van der Waals surface area contributed by atoms with Gasteiger partial charge in [-0.15, -0.1) is 0 Å². The normalized spacial score (nSPS) is 19.9. The number of urea groups is 1. The summed E-state index contributed by atoms with van der Waals surface area (Å²) in [5.74, 6) is 1.19. The standard InChI is InChI=1S/C14H20N2O4S/c17-14(16-10-12-6-9-21(18,19)11-12)15-7-8-20-13-4-2-1-3-5-13/h1-5,12H,6-11H2,(H2,15,16,17). The Morgan fingerprint density at radius 3 is 2.67 bits per heavy atom. The minimum absolute atomic E-state index is 0.0290. The molecular weight excluding hydrogens is 292 g/mol. The molecule has 21 heavy (non-hydrogen) atoms. The molecule has 0 radical (unpaired) electrons. The number of benzene rings is 1. The second kappa shape index (κ2) is 7.31. The summed E-state index contributed by atoms with van der Waals surface area (Å²) < 4.78 is 28.0. The molecule has 0 aromatic heterocycles. The fourth-order valence-electron chi connectivity index (χ4n) is 2.18. The number of ether oxygens (including phenoxy) is 1. The number of rotatable bonds is 6. The number of sulfone groups is 1. The topological polar surface area (TPSA) is 84.5 Å². The highest BCUT2D eigenvalue weighted by molar-refractivity contribution is 7.91. The predicted molar refractivity (Wildman–Crippen MR) is 80.1 cm³/mol. The van der Waals surface area contributed by atoms with Gasteiger partial charge in [-0.3, -0.25) is 0 Å². The Labute approximate surface area is 124 Å². The molecule has 1 heterocycles. The molecule has 1 unspecified atom stereocenters. The highest BCUT2D eigenvalue weighted by Crippen LogP contribution is 2.17. The van der Waals surface area contributed by atoms with Crippen molar-refractivity contribution < 1.29 is 17.9 Å². The molecule has 2 rings (SSSR count). The van der Waals surface area contributed by atoms with Crippen LogP contribution in [0.1, 0.15) is 6.42 Å². The second-order valence-corrected chi connectivity index (χ2v) is 7.30. The Kier molecular flexibility index (Phi) is 5.44. The van der Waals surface area contributed by atoms with E-state index in [2.05, 4.69) is 10.6 Å². The smallest absolute Gasteiger partial charge is 0.314 e. The van der Waals surface area contributed by atoms with E-state index in [0.29, 0.717) is 26.1 Å². The van der Waals surface area contributed by atoms with Crippen molar-refractivity contribution in [3.05, 3.63) is 30.3 Å². The molecule has 1 aliphatic heterocycles. The first kappa shape index (κ1) is 15.6. The maximum Gasteiger partial charge on any atom is 0.314 e. The lowest BCUT2D eigenvalue weighted by Gasteiger charge is -2.11. The summed E-state index contributed by atoms with van der Waals surface area (Å²) in [4.78, 5) is 11.5. The van der Waals surface area contributed by atoms with Crippen LogP contribution in [-0.2, 0) is 9.84 Å². The summed E-state index contributed by atoms with van der Waals surface area (Å²) in [6, 6.07) is 9.06. The molecule has 0 aliphatic carbocycles. The van der Waals surface area contributed by atoms with E-state index >= 15 is 0 Å². The number of carbonyl (C=O) groups excluding carboxylic acids is 1. The van der Waals surface area contributed by atoms with Gasteiger partial charge < -0.3 is 15.4 Å². The van der Waals surface area contributed by atoms with Gasteiger partial charge in [-0.05, 0) is 24.5 Å². The van der Waals surface area contributed by atoms with Crippen molar-refractivity contribution in [2.45, 2.75) is 6.42 Å². The number of nitrogens with one attached hydrogen (secondary N) is 2. The lowest BCUT2D eigenvalue weighted by Crippen LogP contribution is -2.40. The Hall–Kier alpha value is -1.76. The molecule has 0 spiro atoms. The summed E-state index contributed by atoms with van der Waals surface area (Å²) in [6.45, 7) is 1.17. The van der Waals surface area contributed by atoms with Gasteiger partial charge in [0.15, 0.2) is 9.84 Å². The molecule has 2 N–H and O–H groups in total. The first-order chi connectivity index (χ1) is 10.1. The van der Waals surface area contributed by atoms with Gasteiger partial charge in [0.25, 0.3) is 0 Å². The average molecular weight is 312 g/mol. The zero-order valence-electron chi connectivity index (χ0n) is 11.7. The van der Waals surface area contributed by atoms with Crippen molar-refractivity contribution in [3.63, 3.8) is 0 Å². The maximum absolute atomic E-state index is 11.5. The van der Waals surface area contributed by atoms with E-state index in [1.54, 1.807) is 0 Å². The van der Waals surface area contributed by atoms with E-state index in [1.165, 1.54) is 0 Å². The van der Waals surface area contributed by atoms with Crippen molar-refractivity contribution in [1.82, 2.24) is 10.6 Å². The van der Waals surface area contributed by atoms with Crippen molar-refractivity contribution in [1.29, 1.82) is 0 Å². The minimum Gasteiger partial charge on any atom is -0.492 e. The minimum atomic E-state index is -2.89. The Morgan fingerprint density at radius 2 is 2.00 bits per heavy atom. The van der Waals surface area contributed by atoms with Crippen LogP contribution in [-0.4, -0.2) is 45.7 Å². The van der Waals surface area contributed by atoms with Crippen molar-refractivity contribution >= 4 is 15.9 Å². The van der Waals surface area contributed by atoms with E-state index in [1.807, 2.05) is 30.3 Å². The quantitative estimate of drug-likeness (QED) is 0.761. The fraction of sp³-hybridized carbons (Fsp3) is 0.500. The van der Waals surface area contributed by atoms with Crippen molar-refractivity contribution in [2.24, 2.45) is 5.92 Å². The number of para-hydroxylation sites is 1. The van der Waals surface area contributed by atoms with Gasteiger partial charge in [0.05, 0.1) is 18.1 Å². The van der Waals surface area contributed by atoms with E-state index in [4.69, 9.17) is 4.74 Å². The molecule has 2 amide bonds. The van der Waals surface area contributed by atoms with Crippen molar-refractivity contribution in [3.8, 4) is 5.75 Å². The first-order valence-corrected chi connectivity index (χ1v) is 8.77. The zero-order chi connectivity index (χ0) is 15.1. The van der Waals surface area contributed by atoms with E-state index in [9.17, 15) is 13.2 Å². The van der Waals surface area contributed by atoms with Crippen LogP contribution >= 0.6 is 0 Å². The SMILES string of the molecule is O=C(NCCOc1ccccc1)NCC1CCS(=O)(=O)C1. The summed E-state index contributed by atoms with van der Waals surface area (Å²) in [5.41, 5.74) is 0. The van der Waals surface area contributed by atoms with E-state index in [0.717, 1.165) is 5.75 Å². The summed E-state index contributed by atoms with van der Waals surface area (Å²) in [7, 11) is -2.89. The van der Waals surface area contributed by atoms with Gasteiger partial charge in [0.2, 0.25) is 0 Å². The Balaban J connectivity index is 1.56. The van der Waals surface area contributed by atoms with E-state index in [-0.39, 0.29) is 23.5 Å². The van der Waals surface area contributed by atoms with Crippen LogP contribution in [0, 0.1) is 5.92 Å². The Bertz CT molecular complexity index is 560. The van der Waals surface area contributed by atoms with E-state index < -0.39 is 9.84 Å². The largest absolute Gasteiger partial charge is 0.492 e. The molecule has 1 aliphatic rings. The third-order valence-corrected chi connectivity index (χ3v) is 5.11. The lowest BCUT2D eigenvalue weighted by atomic mass is 10.1. The molecule has 1 fully saturated rings. The summed E-state index contributed by atoms with van der Waals surface area (Å²) in [5, 5.41) is 5.36. The number of carbonyl (C=O) groups is 1. The molecule has 1 atom stereocenters. The van der Waals surface area contributed by atoms with Gasteiger partial charge in [-0.2, -0.15) is 0 Å². The maximum atomic E-state index is 11.5. The highest BCUT2D eigenvalue weighted by atomic mass is 32.2. The van der Waals surface area contributed by atoms with Crippen LogP contribution < -0.4 is 15.4 Å². The van der Waals surface area contributed by atoms with Crippen molar-refractivity contribution in [2.75, 3.05) is 31.2 Å². The first-order valence-electron chi connectivity index (χ1n) is 6.95. The molecule has 1 saturated heterocycles. The predicted octanol–water partition coefficient (Wildman–Crippen LogP) is 0.799. The summed E-state index contributed by atoms with van der Waals surface area (Å²) >= 11 is 0. The summed E-state index contributed by atoms with van der Waals surface area (Å²) in [6.07, 6.45) is 0.625. The van der Waals surface area contributed by atoms with Crippen LogP contribution in [0.4, 0.5) is 4.79 Å². The fourth-order valence-corrected chi connectivity index (χ4v) is 4.04. The highest BCUT2D eigenvalue weighted by Gasteiger charge is 2.27. The van der Waals surface area contributed by atoms with Gasteiger partial charge in [-0.1, -0.05) is 18.2 Å². The number of hydrogen-bond acceptors (Lipinski definition) is 4. The van der Waals surface area contributed by atoms with Gasteiger partial charge in [-0.25, -0.2) is 13.2 Å². The molecule has 7 heteroatoms. The van der Waals surface area contributed by atoms with Gasteiger partial charge >= 0.3 is 6.03 Å². The van der Waals surface area contributed by atoms with Gasteiger partial charge in [0, 0.05) is 6.54 Å². The van der Waals surface area contributed by atoms with Crippen LogP contribution in [0.25, 0.3) is 0 Å². The second-order valence-electron chi connectivity index (χ2n) is 5.07. The number of hydrogen-bond donors (Lipinski definition) is 2. The van der Waals surface area contributed by atoms with Crippen LogP contribution in [0.3, 0.4) is 0 Å². The van der Waals surface area contributed by atoms with Crippen LogP contribution in [0.5, 0.6) is 5.75 Å². The zero-order valence-corrected chi connectivity index (χ0v) is 12.6. The van der Waals surface area contributed by atoms with Gasteiger partial charge in [0.1, 0.15) is 12.4 Å². The number of amides is 2. The third kappa shape index (κ3) is 5.63. The molecular formula is C14H20N2O4S. The molecule has 1 aromatic rings. The Morgan fingerprint density at radius 1 is 1.24 bits per heavy atom. The monoisotopic (exact) mass is 312 g/mol. The molecule has 1 aromatic carbocycles. The molecule has 0 bridgehead atoms. The van der Waals surface area contributed by atoms with Crippen LogP contribution in [0.2, 0.25) is 0 Å². The molecule has 116 valence electrons. The molecule has 6 nitrogen and oxygen atoms in total.